The number of amides is 1. The molecule has 5 nitrogen and oxygen atoms in total. The van der Waals surface area contributed by atoms with Crippen molar-refractivity contribution in [3.8, 4) is 11.4 Å². The number of carbonyl (C=O) groups excluding carboxylic acids is 1. The monoisotopic (exact) mass is 309 g/mol. The Bertz CT molecular complexity index is 537. The van der Waals surface area contributed by atoms with Crippen LogP contribution in [0.1, 0.15) is 0 Å². The topological polar surface area (TPSA) is 56.1 Å². The third-order valence-electron chi connectivity index (χ3n) is 2.35. The number of nitrogens with zero attached hydrogens (tertiary/aromatic N) is 2. The third kappa shape index (κ3) is 2.70. The fourth-order valence-corrected chi connectivity index (χ4v) is 1.64. The van der Waals surface area contributed by atoms with Crippen molar-refractivity contribution in [2.75, 3.05) is 17.8 Å². The number of hydrogen-bond acceptors (Lipinski definition) is 3. The number of nitrogens with one attached hydrogen (secondary N) is 1. The Morgan fingerprint density at radius 2 is 2.11 bits per heavy atom. The SMILES string of the molecule is COc1ccc(-n2nccc2NC(=O)CBr)cc1. The number of hydrogen-bond donors (Lipinski definition) is 1. The highest BCUT2D eigenvalue weighted by atomic mass is 79.9. The van der Waals surface area contributed by atoms with Gasteiger partial charge in [-0.15, -0.1) is 0 Å². The molecule has 0 bridgehead atoms. The summed E-state index contributed by atoms with van der Waals surface area (Å²) in [6.07, 6.45) is 1.63. The van der Waals surface area contributed by atoms with Gasteiger partial charge in [-0.2, -0.15) is 5.10 Å². The molecule has 0 aliphatic rings. The van der Waals surface area contributed by atoms with Crippen LogP contribution in [0.5, 0.6) is 5.75 Å². The molecule has 1 N–H and O–H groups in total. The summed E-state index contributed by atoms with van der Waals surface area (Å²) >= 11 is 3.10. The third-order valence-corrected chi connectivity index (χ3v) is 2.86. The molecule has 6 heteroatoms. The van der Waals surface area contributed by atoms with E-state index < -0.39 is 0 Å². The van der Waals surface area contributed by atoms with E-state index in [1.165, 1.54) is 0 Å². The lowest BCUT2D eigenvalue weighted by molar-refractivity contribution is -0.113. The van der Waals surface area contributed by atoms with Gasteiger partial charge in [0.1, 0.15) is 11.6 Å². The molecule has 0 aliphatic heterocycles. The molecule has 1 heterocycles. The highest BCUT2D eigenvalue weighted by molar-refractivity contribution is 9.09. The molecule has 1 aromatic carbocycles. The van der Waals surface area contributed by atoms with Gasteiger partial charge in [0.05, 0.1) is 24.3 Å². The van der Waals surface area contributed by atoms with E-state index in [1.807, 2.05) is 24.3 Å². The maximum atomic E-state index is 11.3. The van der Waals surface area contributed by atoms with Gasteiger partial charge in [-0.3, -0.25) is 4.79 Å². The van der Waals surface area contributed by atoms with Crippen molar-refractivity contribution in [2.24, 2.45) is 0 Å². The van der Waals surface area contributed by atoms with Crippen LogP contribution >= 0.6 is 15.9 Å². The lowest BCUT2D eigenvalue weighted by Gasteiger charge is -2.08. The van der Waals surface area contributed by atoms with Crippen LogP contribution in [0.25, 0.3) is 5.69 Å². The van der Waals surface area contributed by atoms with E-state index in [4.69, 9.17) is 4.74 Å². The van der Waals surface area contributed by atoms with Crippen LogP contribution in [0, 0.1) is 0 Å². The second kappa shape index (κ2) is 5.68. The molecule has 0 saturated heterocycles. The molecule has 0 unspecified atom stereocenters. The minimum absolute atomic E-state index is 0.120. The second-order valence-corrected chi connectivity index (χ2v) is 4.07. The van der Waals surface area contributed by atoms with Crippen molar-refractivity contribution >= 4 is 27.7 Å². The minimum atomic E-state index is -0.120. The second-order valence-electron chi connectivity index (χ2n) is 3.51. The summed E-state index contributed by atoms with van der Waals surface area (Å²) in [5, 5.41) is 7.18. The molecule has 18 heavy (non-hydrogen) atoms. The summed E-state index contributed by atoms with van der Waals surface area (Å²) in [4.78, 5) is 11.3. The van der Waals surface area contributed by atoms with Crippen LogP contribution in [-0.4, -0.2) is 28.1 Å². The number of methoxy groups -OCH3 is 1. The Morgan fingerprint density at radius 3 is 2.72 bits per heavy atom. The van der Waals surface area contributed by atoms with Crippen LogP contribution in [0.4, 0.5) is 5.82 Å². The first-order chi connectivity index (χ1) is 8.74. The molecule has 2 aromatic rings. The number of alkyl halides is 1. The van der Waals surface area contributed by atoms with Gasteiger partial charge in [-0.05, 0) is 24.3 Å². The van der Waals surface area contributed by atoms with Crippen LogP contribution < -0.4 is 10.1 Å². The van der Waals surface area contributed by atoms with Crippen molar-refractivity contribution < 1.29 is 9.53 Å². The average molecular weight is 310 g/mol. The number of anilines is 1. The van der Waals surface area contributed by atoms with Gasteiger partial charge in [0, 0.05) is 6.07 Å². The lowest BCUT2D eigenvalue weighted by Crippen LogP contribution is -2.15. The first-order valence-electron chi connectivity index (χ1n) is 5.29. The molecule has 1 aromatic heterocycles. The van der Waals surface area contributed by atoms with Gasteiger partial charge in [-0.25, -0.2) is 4.68 Å². The largest absolute Gasteiger partial charge is 0.497 e. The average Bonchev–Trinajstić information content (AvgIpc) is 2.86. The van der Waals surface area contributed by atoms with E-state index in [9.17, 15) is 4.79 Å². The minimum Gasteiger partial charge on any atom is -0.497 e. The van der Waals surface area contributed by atoms with Gasteiger partial charge < -0.3 is 10.1 Å². The van der Waals surface area contributed by atoms with Gasteiger partial charge in [-0.1, -0.05) is 15.9 Å². The Morgan fingerprint density at radius 1 is 1.39 bits per heavy atom. The van der Waals surface area contributed by atoms with E-state index in [-0.39, 0.29) is 11.2 Å². The standard InChI is InChI=1S/C12H12BrN3O2/c1-18-10-4-2-9(3-5-10)16-11(6-7-14-16)15-12(17)8-13/h2-7H,8H2,1H3,(H,15,17). The lowest BCUT2D eigenvalue weighted by atomic mass is 10.3. The number of rotatable bonds is 4. The van der Waals surface area contributed by atoms with Gasteiger partial charge in [0.25, 0.3) is 0 Å². The molecule has 94 valence electrons. The number of ether oxygens (including phenoxy) is 1. The van der Waals surface area contributed by atoms with Crippen LogP contribution in [-0.2, 0) is 4.79 Å². The molecule has 1 amide bonds. The Labute approximate surface area is 113 Å². The van der Waals surface area contributed by atoms with Crippen LogP contribution in [0.15, 0.2) is 36.5 Å². The number of carbonyl (C=O) groups is 1. The number of halogens is 1. The summed E-state index contributed by atoms with van der Waals surface area (Å²) in [7, 11) is 1.62. The summed E-state index contributed by atoms with van der Waals surface area (Å²) in [5.74, 6) is 1.28. The van der Waals surface area contributed by atoms with E-state index in [0.29, 0.717) is 5.82 Å². The normalized spacial score (nSPS) is 10.1. The molecule has 0 fully saturated rings. The summed E-state index contributed by atoms with van der Waals surface area (Å²) in [6.45, 7) is 0. The van der Waals surface area contributed by atoms with Gasteiger partial charge in [0.2, 0.25) is 5.91 Å². The van der Waals surface area contributed by atoms with Crippen LogP contribution in [0.2, 0.25) is 0 Å². The van der Waals surface area contributed by atoms with E-state index in [2.05, 4.69) is 26.3 Å². The van der Waals surface area contributed by atoms with E-state index in [0.717, 1.165) is 11.4 Å². The first kappa shape index (κ1) is 12.6. The van der Waals surface area contributed by atoms with E-state index >= 15 is 0 Å². The fourth-order valence-electron chi connectivity index (χ4n) is 1.50. The van der Waals surface area contributed by atoms with Crippen molar-refractivity contribution in [3.63, 3.8) is 0 Å². The predicted octanol–water partition coefficient (Wildman–Crippen LogP) is 2.21. The highest BCUT2D eigenvalue weighted by Gasteiger charge is 2.07. The van der Waals surface area contributed by atoms with E-state index in [1.54, 1.807) is 24.1 Å². The van der Waals surface area contributed by atoms with Crippen molar-refractivity contribution in [1.82, 2.24) is 9.78 Å². The predicted molar refractivity (Wildman–Crippen MR) is 72.5 cm³/mol. The quantitative estimate of drug-likeness (QED) is 0.881. The molecule has 0 atom stereocenters. The summed E-state index contributed by atoms with van der Waals surface area (Å²) in [6, 6.07) is 9.16. The molecular formula is C12H12BrN3O2. The van der Waals surface area contributed by atoms with Gasteiger partial charge in [0.15, 0.2) is 0 Å². The summed E-state index contributed by atoms with van der Waals surface area (Å²) < 4.78 is 6.75. The van der Waals surface area contributed by atoms with Crippen molar-refractivity contribution in [2.45, 2.75) is 0 Å². The molecule has 2 rings (SSSR count). The summed E-state index contributed by atoms with van der Waals surface area (Å²) in [5.41, 5.74) is 0.852. The smallest absolute Gasteiger partial charge is 0.236 e. The van der Waals surface area contributed by atoms with Gasteiger partial charge >= 0.3 is 0 Å². The maximum Gasteiger partial charge on any atom is 0.236 e. The number of benzene rings is 1. The molecule has 0 spiro atoms. The van der Waals surface area contributed by atoms with Crippen LogP contribution in [0.3, 0.4) is 0 Å². The van der Waals surface area contributed by atoms with Crippen molar-refractivity contribution in [3.05, 3.63) is 36.5 Å². The zero-order chi connectivity index (χ0) is 13.0. The molecule has 0 aliphatic carbocycles. The Kier molecular flexibility index (Phi) is 3.99. The first-order valence-corrected chi connectivity index (χ1v) is 6.41. The fraction of sp³-hybridized carbons (Fsp3) is 0.167. The maximum absolute atomic E-state index is 11.3. The number of aromatic nitrogens is 2. The molecular weight excluding hydrogens is 298 g/mol. The highest BCUT2D eigenvalue weighted by Crippen LogP contribution is 2.18. The molecule has 0 saturated carbocycles. The Hall–Kier alpha value is -1.82. The zero-order valence-corrected chi connectivity index (χ0v) is 11.3. The molecule has 0 radical (unpaired) electrons. The van der Waals surface area contributed by atoms with Crippen molar-refractivity contribution in [1.29, 1.82) is 0 Å². The zero-order valence-electron chi connectivity index (χ0n) is 9.76. The Balaban J connectivity index is 2.27.